The molecule has 0 unspecified atom stereocenters. The number of aryl methyl sites for hydroxylation is 5. The van der Waals surface area contributed by atoms with E-state index < -0.39 is 10.0 Å². The highest BCUT2D eigenvalue weighted by Gasteiger charge is 2.35. The van der Waals surface area contributed by atoms with Crippen molar-refractivity contribution in [1.29, 1.82) is 0 Å². The van der Waals surface area contributed by atoms with E-state index in [0.29, 0.717) is 23.4 Å². The van der Waals surface area contributed by atoms with Gasteiger partial charge in [-0.1, -0.05) is 37.2 Å². The van der Waals surface area contributed by atoms with Gasteiger partial charge >= 0.3 is 0 Å². The van der Waals surface area contributed by atoms with Crippen molar-refractivity contribution in [2.75, 3.05) is 24.8 Å². The predicted octanol–water partition coefficient (Wildman–Crippen LogP) is 6.29. The maximum atomic E-state index is 14.2. The molecule has 0 N–H and O–H groups in total. The second-order valence-corrected chi connectivity index (χ2v) is 14.1. The molecule has 0 aliphatic heterocycles. The summed E-state index contributed by atoms with van der Waals surface area (Å²) >= 11 is 1.17. The van der Waals surface area contributed by atoms with E-state index >= 15 is 0 Å². The lowest BCUT2D eigenvalue weighted by atomic mass is 10.00. The molecule has 5 aromatic rings. The number of methoxy groups -OCH3 is 1. The number of anilines is 1. The van der Waals surface area contributed by atoms with Crippen LogP contribution in [-0.2, 0) is 39.0 Å². The van der Waals surface area contributed by atoms with Crippen molar-refractivity contribution in [2.24, 2.45) is 0 Å². The van der Waals surface area contributed by atoms with Crippen LogP contribution in [0.3, 0.4) is 0 Å². The van der Waals surface area contributed by atoms with Crippen molar-refractivity contribution in [3.05, 3.63) is 91.5 Å². The van der Waals surface area contributed by atoms with E-state index in [0.717, 1.165) is 61.2 Å². The maximum Gasteiger partial charge on any atom is 0.298 e. The van der Waals surface area contributed by atoms with E-state index in [4.69, 9.17) is 19.1 Å². The minimum absolute atomic E-state index is 0.00239. The molecule has 5 rings (SSSR count). The van der Waals surface area contributed by atoms with Gasteiger partial charge in [-0.15, -0.1) is 15.8 Å². The van der Waals surface area contributed by atoms with Crippen LogP contribution in [0.2, 0.25) is 0 Å². The highest BCUT2D eigenvalue weighted by Crippen LogP contribution is 2.40. The number of pyridine rings is 2. The van der Waals surface area contributed by atoms with Crippen molar-refractivity contribution in [2.45, 2.75) is 65.1 Å². The van der Waals surface area contributed by atoms with Gasteiger partial charge in [0.1, 0.15) is 5.76 Å². The first-order valence-electron chi connectivity index (χ1n) is 14.8. The molecule has 12 heteroatoms. The zero-order chi connectivity index (χ0) is 32.5. The van der Waals surface area contributed by atoms with Gasteiger partial charge in [0, 0.05) is 46.0 Å². The molecule has 0 atom stereocenters. The summed E-state index contributed by atoms with van der Waals surface area (Å²) in [7, 11) is -2.71. The number of thiophene rings is 1. The first kappa shape index (κ1) is 32.6. The third-order valence-corrected chi connectivity index (χ3v) is 10.9. The van der Waals surface area contributed by atoms with Gasteiger partial charge in [-0.3, -0.25) is 14.6 Å². The Kier molecular flexibility index (Phi) is 9.59. The Morgan fingerprint density at radius 3 is 2.40 bits per heavy atom. The molecular formula is C33H38N4O6S2. The lowest BCUT2D eigenvalue weighted by molar-refractivity contribution is 0.0770. The van der Waals surface area contributed by atoms with Crippen molar-refractivity contribution in [3.63, 3.8) is 0 Å². The number of ether oxygens (including phenoxy) is 1. The zero-order valence-electron chi connectivity index (χ0n) is 26.6. The van der Waals surface area contributed by atoms with Gasteiger partial charge in [-0.05, 0) is 75.4 Å². The summed E-state index contributed by atoms with van der Waals surface area (Å²) in [4.78, 5) is 24.5. The molecule has 4 aromatic heterocycles. The summed E-state index contributed by atoms with van der Waals surface area (Å²) in [5, 5.41) is 4.97. The van der Waals surface area contributed by atoms with Crippen molar-refractivity contribution in [3.8, 4) is 11.1 Å². The molecule has 0 bridgehead atoms. The number of benzene rings is 1. The fourth-order valence-corrected chi connectivity index (χ4v) is 8.29. The Hall–Kier alpha value is -3.84. The van der Waals surface area contributed by atoms with Crippen LogP contribution < -0.4 is 10.0 Å². The molecule has 0 aliphatic carbocycles. The average molecular weight is 651 g/mol. The third kappa shape index (κ3) is 6.32. The molecule has 0 spiro atoms. The van der Waals surface area contributed by atoms with Gasteiger partial charge in [0.2, 0.25) is 5.82 Å². The Bertz CT molecular complexity index is 2030. The summed E-state index contributed by atoms with van der Waals surface area (Å²) in [5.41, 5.74) is 6.38. The van der Waals surface area contributed by atoms with Gasteiger partial charge in [0.15, 0.2) is 4.21 Å². The molecule has 0 amide bonds. The number of nitrogens with zero attached hydrogens (tertiary/aromatic N) is 4. The first-order chi connectivity index (χ1) is 21.5. The van der Waals surface area contributed by atoms with Gasteiger partial charge in [-0.25, -0.2) is 0 Å². The summed E-state index contributed by atoms with van der Waals surface area (Å²) in [5.74, 6) is 0.564. The quantitative estimate of drug-likeness (QED) is 0.114. The normalized spacial score (nSPS) is 11.9. The molecule has 238 valence electrons. The van der Waals surface area contributed by atoms with Crippen LogP contribution in [0.5, 0.6) is 0 Å². The maximum absolute atomic E-state index is 14.2. The van der Waals surface area contributed by atoms with E-state index in [1.165, 1.54) is 18.4 Å². The Labute approximate surface area is 267 Å². The molecule has 0 saturated carbocycles. The van der Waals surface area contributed by atoms with Crippen molar-refractivity contribution >= 4 is 38.1 Å². The fraction of sp³-hybridized carbons (Fsp3) is 0.364. The van der Waals surface area contributed by atoms with E-state index in [2.05, 4.69) is 19.0 Å². The fourth-order valence-electron chi connectivity index (χ4n) is 5.31. The van der Waals surface area contributed by atoms with Crippen LogP contribution in [0, 0.1) is 27.7 Å². The van der Waals surface area contributed by atoms with E-state index in [1.807, 2.05) is 50.2 Å². The van der Waals surface area contributed by atoms with Crippen LogP contribution in [-0.4, -0.2) is 43.4 Å². The molecular weight excluding hydrogens is 613 g/mol. The van der Waals surface area contributed by atoms with Gasteiger partial charge in [0.05, 0.1) is 25.3 Å². The topological polar surface area (TPSA) is 117 Å². The average Bonchev–Trinajstić information content (AvgIpc) is 3.57. The molecule has 0 radical (unpaired) electrons. The largest absolute Gasteiger partial charge is 0.382 e. The highest BCUT2D eigenvalue weighted by molar-refractivity contribution is 7.94. The number of hydrogen-bond donors (Lipinski definition) is 0. The van der Waals surface area contributed by atoms with Crippen molar-refractivity contribution < 1.29 is 22.5 Å². The van der Waals surface area contributed by atoms with Crippen LogP contribution >= 0.6 is 11.3 Å². The minimum Gasteiger partial charge on any atom is -0.382 e. The smallest absolute Gasteiger partial charge is 0.298 e. The zero-order valence-corrected chi connectivity index (χ0v) is 28.3. The van der Waals surface area contributed by atoms with Crippen molar-refractivity contribution in [1.82, 2.24) is 14.7 Å². The number of aromatic nitrogens is 3. The molecule has 1 aromatic carbocycles. The first-order valence-corrected chi connectivity index (χ1v) is 17.1. The Morgan fingerprint density at radius 2 is 1.76 bits per heavy atom. The Morgan fingerprint density at radius 1 is 0.978 bits per heavy atom. The second-order valence-electron chi connectivity index (χ2n) is 10.9. The lowest BCUT2D eigenvalue weighted by Crippen LogP contribution is -2.33. The van der Waals surface area contributed by atoms with Crippen LogP contribution in [0.25, 0.3) is 22.0 Å². The van der Waals surface area contributed by atoms with E-state index in [9.17, 15) is 13.2 Å². The second kappa shape index (κ2) is 13.3. The molecule has 4 heterocycles. The standard InChI is InChI=1S/C33H38N4O6S2/c1-8-25-18-30-27(29(9-2)34-25)12-13-31(38)36(30)19-24-10-11-26(20(3)16-24)28-17-21(4)44-33(28)45(39,40)37(42-15-14-41-7)32-22(5)23(6)43-35-32/h10-13,16-18H,8-9,14-15,19H2,1-7H3. The number of fused-ring (bicyclic) bond motifs is 1. The number of hydrogen-bond acceptors (Lipinski definition) is 9. The monoisotopic (exact) mass is 650 g/mol. The molecule has 0 saturated heterocycles. The summed E-state index contributed by atoms with van der Waals surface area (Å²) < 4.78 is 41.6. The number of rotatable bonds is 12. The van der Waals surface area contributed by atoms with Crippen LogP contribution in [0.4, 0.5) is 5.82 Å². The number of sulfonamides is 1. The summed E-state index contributed by atoms with van der Waals surface area (Å²) in [6, 6.07) is 13.2. The SMILES string of the molecule is CCc1cc2c(ccc(=O)n2Cc2ccc(-c3cc(C)sc3S(=O)(=O)N(OCCOC)c3noc(C)c3C)c(C)c2)c(CC)n1. The summed E-state index contributed by atoms with van der Waals surface area (Å²) in [6.45, 7) is 11.9. The molecule has 45 heavy (non-hydrogen) atoms. The molecule has 10 nitrogen and oxygen atoms in total. The lowest BCUT2D eigenvalue weighted by Gasteiger charge is -2.21. The van der Waals surface area contributed by atoms with Gasteiger partial charge in [-0.2, -0.15) is 8.42 Å². The van der Waals surface area contributed by atoms with Crippen LogP contribution in [0.1, 0.15) is 52.6 Å². The predicted molar refractivity (Wildman–Crippen MR) is 177 cm³/mol. The summed E-state index contributed by atoms with van der Waals surface area (Å²) in [6.07, 6.45) is 1.54. The van der Waals surface area contributed by atoms with Gasteiger partial charge in [0.25, 0.3) is 15.6 Å². The Balaban J connectivity index is 1.55. The molecule has 0 fully saturated rings. The third-order valence-electron chi connectivity index (χ3n) is 7.81. The van der Waals surface area contributed by atoms with E-state index in [1.54, 1.807) is 24.5 Å². The van der Waals surface area contributed by atoms with Crippen LogP contribution in [0.15, 0.2) is 56.0 Å². The van der Waals surface area contributed by atoms with E-state index in [-0.39, 0.29) is 28.8 Å². The van der Waals surface area contributed by atoms with Gasteiger partial charge < -0.3 is 13.8 Å². The highest BCUT2D eigenvalue weighted by atomic mass is 32.2. The minimum atomic E-state index is -4.22. The molecule has 0 aliphatic rings.